The molecular weight excluding hydrogens is 352 g/mol. The maximum atomic E-state index is 12.0. The lowest BCUT2D eigenvalue weighted by Crippen LogP contribution is -2.48. The molecule has 2 aliphatic rings. The van der Waals surface area contributed by atoms with E-state index in [1.54, 1.807) is 18.2 Å². The molecule has 0 aliphatic carbocycles. The van der Waals surface area contributed by atoms with Crippen molar-refractivity contribution in [2.75, 3.05) is 24.1 Å². The fourth-order valence-electron chi connectivity index (χ4n) is 2.43. The Labute approximate surface area is 145 Å². The number of carbonyl (C=O) groups is 2. The average Bonchev–Trinajstić information content (AvgIpc) is 3.21. The predicted octanol–water partition coefficient (Wildman–Crippen LogP) is 0.241. The van der Waals surface area contributed by atoms with Crippen LogP contribution in [0.2, 0.25) is 0 Å². The van der Waals surface area contributed by atoms with E-state index >= 15 is 0 Å². The highest BCUT2D eigenvalue weighted by Crippen LogP contribution is 2.35. The molecule has 4 rings (SSSR count). The monoisotopic (exact) mass is 364 g/mol. The van der Waals surface area contributed by atoms with Gasteiger partial charge in [0.1, 0.15) is 18.9 Å². The second-order valence-corrected chi connectivity index (χ2v) is 6.09. The molecule has 10 nitrogen and oxygen atoms in total. The van der Waals surface area contributed by atoms with Crippen molar-refractivity contribution in [2.45, 2.75) is 11.8 Å². The molecule has 1 aromatic carbocycles. The van der Waals surface area contributed by atoms with E-state index in [1.165, 1.54) is 16.4 Å². The zero-order chi connectivity index (χ0) is 17.4. The molecule has 3 heterocycles. The number of carboxylic acids is 1. The Morgan fingerprint density at radius 3 is 3.00 bits per heavy atom. The van der Waals surface area contributed by atoms with Crippen molar-refractivity contribution in [3.8, 4) is 17.2 Å². The van der Waals surface area contributed by atoms with Gasteiger partial charge in [-0.25, -0.2) is 9.69 Å². The Hall–Kier alpha value is -2.95. The number of amides is 1. The molecule has 0 atom stereocenters. The van der Waals surface area contributed by atoms with E-state index in [9.17, 15) is 9.59 Å². The van der Waals surface area contributed by atoms with Gasteiger partial charge < -0.3 is 19.3 Å². The molecule has 11 heteroatoms. The van der Waals surface area contributed by atoms with Crippen LogP contribution in [0.25, 0.3) is 0 Å². The van der Waals surface area contributed by atoms with Crippen LogP contribution in [0, 0.1) is 0 Å². The molecule has 130 valence electrons. The highest BCUT2D eigenvalue weighted by atomic mass is 32.2. The first kappa shape index (κ1) is 15.6. The molecule has 1 amide bonds. The topological polar surface area (TPSA) is 116 Å². The molecule has 25 heavy (non-hydrogen) atoms. The summed E-state index contributed by atoms with van der Waals surface area (Å²) in [6, 6.07) is 5.13. The van der Waals surface area contributed by atoms with Gasteiger partial charge >= 0.3 is 5.97 Å². The van der Waals surface area contributed by atoms with Gasteiger partial charge in [-0.15, -0.1) is 10.2 Å². The molecule has 0 fully saturated rings. The highest BCUT2D eigenvalue weighted by Gasteiger charge is 2.30. The van der Waals surface area contributed by atoms with Crippen molar-refractivity contribution in [3.63, 3.8) is 0 Å². The summed E-state index contributed by atoms with van der Waals surface area (Å²) in [6.07, 6.45) is 0. The fraction of sp³-hybridized carbons (Fsp3) is 0.286. The second-order valence-electron chi connectivity index (χ2n) is 5.15. The van der Waals surface area contributed by atoms with Crippen molar-refractivity contribution in [2.24, 2.45) is 0 Å². The molecule has 0 unspecified atom stereocenters. The number of nitrogens with zero attached hydrogens (tertiary/aromatic N) is 4. The summed E-state index contributed by atoms with van der Waals surface area (Å²) < 4.78 is 17.6. The lowest BCUT2D eigenvalue weighted by atomic mass is 10.3. The minimum Gasteiger partial charge on any atom is -0.485 e. The zero-order valence-electron chi connectivity index (χ0n) is 12.7. The number of aliphatic carboxylic acids is 1. The van der Waals surface area contributed by atoms with Crippen LogP contribution in [0.15, 0.2) is 23.4 Å². The van der Waals surface area contributed by atoms with Crippen molar-refractivity contribution < 1.29 is 28.9 Å². The van der Waals surface area contributed by atoms with E-state index in [2.05, 4.69) is 10.2 Å². The molecule has 0 spiro atoms. The highest BCUT2D eigenvalue weighted by molar-refractivity contribution is 7.99. The summed E-state index contributed by atoms with van der Waals surface area (Å²) in [5, 5.41) is 18.6. The lowest BCUT2D eigenvalue weighted by Gasteiger charge is -2.27. The lowest BCUT2D eigenvalue weighted by molar-refractivity contribution is -0.137. The van der Waals surface area contributed by atoms with Crippen LogP contribution in [0.4, 0.5) is 0 Å². The summed E-state index contributed by atoms with van der Waals surface area (Å²) >= 11 is 1.20. The summed E-state index contributed by atoms with van der Waals surface area (Å²) in [4.78, 5) is 23.1. The third-order valence-electron chi connectivity index (χ3n) is 3.53. The van der Waals surface area contributed by atoms with E-state index < -0.39 is 12.5 Å². The van der Waals surface area contributed by atoms with Gasteiger partial charge in [0.2, 0.25) is 11.9 Å². The molecule has 2 aromatic rings. The Bertz CT molecular complexity index is 854. The SMILES string of the molecule is O=C(O)CN1C(=O)CSc2nnc(COc3ccc4c(c3)OCO4)n21. The Balaban J connectivity index is 1.55. The maximum absolute atomic E-state index is 12.0. The maximum Gasteiger partial charge on any atom is 0.325 e. The third-order valence-corrected chi connectivity index (χ3v) is 4.43. The number of fused-ring (bicyclic) bond motifs is 2. The van der Waals surface area contributed by atoms with Gasteiger partial charge in [0.05, 0.1) is 5.75 Å². The van der Waals surface area contributed by atoms with Crippen LogP contribution >= 0.6 is 11.8 Å². The van der Waals surface area contributed by atoms with Gasteiger partial charge in [0.15, 0.2) is 17.3 Å². The van der Waals surface area contributed by atoms with Crippen LogP contribution in [0.3, 0.4) is 0 Å². The summed E-state index contributed by atoms with van der Waals surface area (Å²) in [5.74, 6) is 0.747. The summed E-state index contributed by atoms with van der Waals surface area (Å²) in [7, 11) is 0. The van der Waals surface area contributed by atoms with Gasteiger partial charge in [-0.2, -0.15) is 0 Å². The molecule has 1 aromatic heterocycles. The number of hydrogen-bond donors (Lipinski definition) is 1. The van der Waals surface area contributed by atoms with Crippen LogP contribution in [0.1, 0.15) is 5.82 Å². The van der Waals surface area contributed by atoms with Crippen molar-refractivity contribution in [1.29, 1.82) is 0 Å². The second kappa shape index (κ2) is 6.16. The predicted molar refractivity (Wildman–Crippen MR) is 83.4 cm³/mol. The van der Waals surface area contributed by atoms with E-state index in [1.807, 2.05) is 0 Å². The first-order valence-corrected chi connectivity index (χ1v) is 8.22. The fourth-order valence-corrected chi connectivity index (χ4v) is 3.26. The van der Waals surface area contributed by atoms with Crippen molar-refractivity contribution in [3.05, 3.63) is 24.0 Å². The van der Waals surface area contributed by atoms with Gasteiger partial charge in [0, 0.05) is 6.07 Å². The van der Waals surface area contributed by atoms with Crippen molar-refractivity contribution >= 4 is 23.6 Å². The van der Waals surface area contributed by atoms with Gasteiger partial charge in [0.25, 0.3) is 5.91 Å². The number of rotatable bonds is 5. The summed E-state index contributed by atoms with van der Waals surface area (Å²) in [5.41, 5.74) is 0. The quantitative estimate of drug-likeness (QED) is 0.796. The number of carboxylic acid groups (broad SMARTS) is 1. The Kier molecular flexibility index (Phi) is 3.84. The number of hydrogen-bond acceptors (Lipinski definition) is 8. The number of aromatic nitrogens is 3. The molecular formula is C14H12N4O6S. The molecule has 0 bridgehead atoms. The van der Waals surface area contributed by atoms with Crippen LogP contribution in [0.5, 0.6) is 17.2 Å². The van der Waals surface area contributed by atoms with Crippen LogP contribution in [-0.4, -0.2) is 50.9 Å². The Morgan fingerprint density at radius 1 is 1.32 bits per heavy atom. The van der Waals surface area contributed by atoms with Gasteiger partial charge in [-0.1, -0.05) is 11.8 Å². The standard InChI is InChI=1S/C14H12N4O6S/c19-12-6-25-14-16-15-11(18(14)17(12)4-13(20)21)5-22-8-1-2-9-10(3-8)24-7-23-9/h1-3H,4-7H2,(H,20,21). The van der Waals surface area contributed by atoms with E-state index in [-0.39, 0.29) is 25.1 Å². The summed E-state index contributed by atoms with van der Waals surface area (Å²) in [6.45, 7) is -0.294. The van der Waals surface area contributed by atoms with E-state index in [0.29, 0.717) is 28.2 Å². The molecule has 1 N–H and O–H groups in total. The zero-order valence-corrected chi connectivity index (χ0v) is 13.6. The average molecular weight is 364 g/mol. The molecule has 0 saturated heterocycles. The third kappa shape index (κ3) is 2.93. The molecule has 0 saturated carbocycles. The minimum atomic E-state index is -1.12. The first-order valence-electron chi connectivity index (χ1n) is 7.24. The smallest absolute Gasteiger partial charge is 0.325 e. The number of ether oxygens (including phenoxy) is 3. The van der Waals surface area contributed by atoms with Gasteiger partial charge in [-0.3, -0.25) is 9.59 Å². The number of thioether (sulfide) groups is 1. The number of carbonyl (C=O) groups excluding carboxylic acids is 1. The molecule has 2 aliphatic heterocycles. The normalized spacial score (nSPS) is 15.2. The van der Waals surface area contributed by atoms with E-state index in [0.717, 1.165) is 5.01 Å². The van der Waals surface area contributed by atoms with E-state index in [4.69, 9.17) is 19.3 Å². The first-order chi connectivity index (χ1) is 12.1. The number of benzene rings is 1. The molecule has 0 radical (unpaired) electrons. The van der Waals surface area contributed by atoms with Crippen LogP contribution in [-0.2, 0) is 16.2 Å². The largest absolute Gasteiger partial charge is 0.485 e. The van der Waals surface area contributed by atoms with Crippen molar-refractivity contribution in [1.82, 2.24) is 14.9 Å². The van der Waals surface area contributed by atoms with Gasteiger partial charge in [-0.05, 0) is 12.1 Å². The Morgan fingerprint density at radius 2 is 2.16 bits per heavy atom. The van der Waals surface area contributed by atoms with Crippen LogP contribution < -0.4 is 19.2 Å². The minimum absolute atomic E-state index is 0.0105.